The Morgan fingerprint density at radius 1 is 1.53 bits per heavy atom. The largest absolute Gasteiger partial charge is 0.362 e. The molecule has 1 atom stereocenters. The van der Waals surface area contributed by atoms with Crippen LogP contribution < -0.4 is 5.32 Å². The molecule has 0 aromatic carbocycles. The van der Waals surface area contributed by atoms with Crippen LogP contribution in [0.1, 0.15) is 32.9 Å². The van der Waals surface area contributed by atoms with Gasteiger partial charge in [-0.3, -0.25) is 10.1 Å². The molecule has 0 aliphatic carbocycles. The number of thioether (sulfide) groups is 1. The number of hydrogen-bond acceptors (Lipinski definition) is 5. The highest BCUT2D eigenvalue weighted by molar-refractivity contribution is 7.99. The molecule has 0 aliphatic heterocycles. The molecule has 0 amide bonds. The first-order valence-corrected chi connectivity index (χ1v) is 7.72. The van der Waals surface area contributed by atoms with Crippen molar-refractivity contribution in [3.05, 3.63) is 15.8 Å². The van der Waals surface area contributed by atoms with E-state index in [4.69, 9.17) is 0 Å². The minimum absolute atomic E-state index is 0.0943. The Kier molecular flexibility index (Phi) is 6.14. The maximum Gasteiger partial charge on any atom is 0.333 e. The van der Waals surface area contributed by atoms with Crippen molar-refractivity contribution in [2.75, 3.05) is 16.8 Å². The summed E-state index contributed by atoms with van der Waals surface area (Å²) in [7, 11) is 0. The van der Waals surface area contributed by atoms with Gasteiger partial charge in [-0.1, -0.05) is 6.92 Å². The number of rotatable bonds is 8. The van der Waals surface area contributed by atoms with E-state index in [0.717, 1.165) is 17.9 Å². The lowest BCUT2D eigenvalue weighted by Crippen LogP contribution is -2.19. The number of nitro groups is 1. The van der Waals surface area contributed by atoms with E-state index in [9.17, 15) is 10.1 Å². The molecule has 0 aliphatic rings. The zero-order valence-electron chi connectivity index (χ0n) is 12.0. The van der Waals surface area contributed by atoms with Gasteiger partial charge in [-0.2, -0.15) is 16.9 Å². The van der Waals surface area contributed by atoms with Crippen LogP contribution in [0.5, 0.6) is 0 Å². The summed E-state index contributed by atoms with van der Waals surface area (Å²) < 4.78 is 1.66. The predicted molar refractivity (Wildman–Crippen MR) is 80.0 cm³/mol. The van der Waals surface area contributed by atoms with E-state index in [-0.39, 0.29) is 16.7 Å². The van der Waals surface area contributed by atoms with Crippen molar-refractivity contribution in [3.8, 4) is 0 Å². The molecule has 1 aromatic rings. The van der Waals surface area contributed by atoms with Crippen molar-refractivity contribution in [1.29, 1.82) is 0 Å². The Labute approximate surface area is 118 Å². The fraction of sp³-hybridized carbons (Fsp3) is 0.750. The molecule has 0 saturated carbocycles. The lowest BCUT2D eigenvalue weighted by molar-refractivity contribution is -0.384. The molecule has 0 bridgehead atoms. The molecular formula is C12H22N4O2S. The molecule has 0 saturated heterocycles. The summed E-state index contributed by atoms with van der Waals surface area (Å²) in [6.45, 7) is 8.39. The summed E-state index contributed by atoms with van der Waals surface area (Å²) in [5.74, 6) is 2.68. The molecule has 0 spiro atoms. The standard InChI is InChI=1S/C12H22N4O2S/c1-5-15-12(11(16(17)18)10(4)14-15)13-9(3)7-8-19-6-2/h9,13H,5-8H2,1-4H3. The maximum absolute atomic E-state index is 11.1. The fourth-order valence-electron chi connectivity index (χ4n) is 1.87. The number of aryl methyl sites for hydroxylation is 2. The van der Waals surface area contributed by atoms with E-state index < -0.39 is 0 Å². The van der Waals surface area contributed by atoms with E-state index >= 15 is 0 Å². The third-order valence-corrected chi connectivity index (χ3v) is 3.79. The number of hydrogen-bond donors (Lipinski definition) is 1. The Morgan fingerprint density at radius 2 is 2.21 bits per heavy atom. The Balaban J connectivity index is 2.83. The van der Waals surface area contributed by atoms with Gasteiger partial charge in [-0.05, 0) is 38.7 Å². The highest BCUT2D eigenvalue weighted by Crippen LogP contribution is 2.29. The lowest BCUT2D eigenvalue weighted by atomic mass is 10.2. The van der Waals surface area contributed by atoms with E-state index in [1.54, 1.807) is 11.6 Å². The van der Waals surface area contributed by atoms with Gasteiger partial charge < -0.3 is 5.32 Å². The number of aromatic nitrogens is 2. The highest BCUT2D eigenvalue weighted by Gasteiger charge is 2.25. The van der Waals surface area contributed by atoms with Crippen molar-refractivity contribution in [2.24, 2.45) is 0 Å². The van der Waals surface area contributed by atoms with Crippen LogP contribution in [0.4, 0.5) is 11.5 Å². The zero-order valence-corrected chi connectivity index (χ0v) is 12.8. The van der Waals surface area contributed by atoms with Crippen molar-refractivity contribution >= 4 is 23.3 Å². The minimum atomic E-state index is -0.357. The van der Waals surface area contributed by atoms with Crippen molar-refractivity contribution in [1.82, 2.24) is 9.78 Å². The van der Waals surface area contributed by atoms with Crippen LogP contribution in [0.25, 0.3) is 0 Å². The molecule has 1 heterocycles. The molecule has 7 heteroatoms. The van der Waals surface area contributed by atoms with Crippen LogP contribution in [0.15, 0.2) is 0 Å². The van der Waals surface area contributed by atoms with Gasteiger partial charge in [-0.25, -0.2) is 4.68 Å². The maximum atomic E-state index is 11.1. The summed E-state index contributed by atoms with van der Waals surface area (Å²) in [6, 6.07) is 0.194. The summed E-state index contributed by atoms with van der Waals surface area (Å²) in [5, 5.41) is 18.6. The number of nitrogens with one attached hydrogen (secondary N) is 1. The minimum Gasteiger partial charge on any atom is -0.362 e. The van der Waals surface area contributed by atoms with Crippen LogP contribution in [0.2, 0.25) is 0 Å². The fourth-order valence-corrected chi connectivity index (χ4v) is 2.68. The van der Waals surface area contributed by atoms with Gasteiger partial charge in [0.25, 0.3) is 0 Å². The predicted octanol–water partition coefficient (Wildman–Crippen LogP) is 3.06. The molecule has 1 unspecified atom stereocenters. The van der Waals surface area contributed by atoms with Gasteiger partial charge in [0.15, 0.2) is 0 Å². The second kappa shape index (κ2) is 7.37. The molecule has 0 radical (unpaired) electrons. The molecule has 0 fully saturated rings. The van der Waals surface area contributed by atoms with Gasteiger partial charge in [-0.15, -0.1) is 0 Å². The van der Waals surface area contributed by atoms with Gasteiger partial charge in [0.05, 0.1) is 4.92 Å². The first-order valence-electron chi connectivity index (χ1n) is 6.57. The molecular weight excluding hydrogens is 264 g/mol. The third-order valence-electron chi connectivity index (χ3n) is 2.86. The van der Waals surface area contributed by atoms with Crippen molar-refractivity contribution in [2.45, 2.75) is 46.7 Å². The van der Waals surface area contributed by atoms with Crippen LogP contribution in [0.3, 0.4) is 0 Å². The Morgan fingerprint density at radius 3 is 2.74 bits per heavy atom. The topological polar surface area (TPSA) is 73.0 Å². The van der Waals surface area contributed by atoms with E-state index in [2.05, 4.69) is 17.3 Å². The summed E-state index contributed by atoms with van der Waals surface area (Å²) in [5.41, 5.74) is 0.557. The van der Waals surface area contributed by atoms with Gasteiger partial charge in [0.2, 0.25) is 5.82 Å². The van der Waals surface area contributed by atoms with E-state index in [1.807, 2.05) is 25.6 Å². The smallest absolute Gasteiger partial charge is 0.333 e. The Bertz CT molecular complexity index is 434. The van der Waals surface area contributed by atoms with Gasteiger partial charge >= 0.3 is 5.69 Å². The molecule has 108 valence electrons. The number of anilines is 1. The zero-order chi connectivity index (χ0) is 14.4. The van der Waals surface area contributed by atoms with Gasteiger partial charge in [0.1, 0.15) is 5.69 Å². The second-order valence-corrected chi connectivity index (χ2v) is 5.78. The average Bonchev–Trinajstić information content (AvgIpc) is 2.65. The molecule has 1 N–H and O–H groups in total. The van der Waals surface area contributed by atoms with Crippen molar-refractivity contribution < 1.29 is 4.92 Å². The van der Waals surface area contributed by atoms with Crippen LogP contribution in [0, 0.1) is 17.0 Å². The van der Waals surface area contributed by atoms with Crippen LogP contribution in [-0.2, 0) is 6.54 Å². The van der Waals surface area contributed by atoms with Crippen molar-refractivity contribution in [3.63, 3.8) is 0 Å². The van der Waals surface area contributed by atoms with E-state index in [1.165, 1.54) is 0 Å². The number of nitrogens with zero attached hydrogens (tertiary/aromatic N) is 3. The first-order chi connectivity index (χ1) is 9.01. The van der Waals surface area contributed by atoms with Crippen LogP contribution >= 0.6 is 11.8 Å². The second-order valence-electron chi connectivity index (χ2n) is 4.39. The monoisotopic (exact) mass is 286 g/mol. The summed E-state index contributed by atoms with van der Waals surface area (Å²) >= 11 is 1.88. The lowest BCUT2D eigenvalue weighted by Gasteiger charge is -2.15. The Hall–Kier alpha value is -1.24. The SMILES string of the molecule is CCSCCC(C)Nc1c([N+](=O)[O-])c(C)nn1CC. The normalized spacial score (nSPS) is 12.4. The molecule has 1 rings (SSSR count). The highest BCUT2D eigenvalue weighted by atomic mass is 32.2. The summed E-state index contributed by atoms with van der Waals surface area (Å²) in [6.07, 6.45) is 0.976. The van der Waals surface area contributed by atoms with Gasteiger partial charge in [0, 0.05) is 12.6 Å². The molecule has 6 nitrogen and oxygen atoms in total. The molecule has 19 heavy (non-hydrogen) atoms. The summed E-state index contributed by atoms with van der Waals surface area (Å²) in [4.78, 5) is 10.8. The first kappa shape index (κ1) is 15.8. The molecule has 1 aromatic heterocycles. The quantitative estimate of drug-likeness (QED) is 0.451. The third kappa shape index (κ3) is 4.12. The van der Waals surface area contributed by atoms with E-state index in [0.29, 0.717) is 18.1 Å². The average molecular weight is 286 g/mol. The van der Waals surface area contributed by atoms with Crippen LogP contribution in [-0.4, -0.2) is 32.3 Å².